The Balaban J connectivity index is -0.0000000262. The van der Waals surface area contributed by atoms with E-state index in [1.807, 2.05) is 80.3 Å². The monoisotopic (exact) mass is 176 g/mol. The van der Waals surface area contributed by atoms with Gasteiger partial charge in [-0.1, -0.05) is 0 Å². The summed E-state index contributed by atoms with van der Waals surface area (Å²) in [6.45, 7) is 0. The maximum Gasteiger partial charge on any atom is -0.278 e. The summed E-state index contributed by atoms with van der Waals surface area (Å²) in [6.07, 6.45) is 0. The molecule has 0 aliphatic heterocycles. The van der Waals surface area contributed by atoms with Crippen molar-refractivity contribution in [3.8, 4) is 0 Å². The molecule has 0 N–H and O–H groups in total. The first kappa shape index (κ1) is 22.8. The quantitative estimate of drug-likeness (QED) is 0.363. The molecule has 3 nitrogen and oxygen atoms in total. The number of rotatable bonds is 0. The van der Waals surface area contributed by atoms with E-state index in [2.05, 4.69) is 0 Å². The Morgan fingerprint density at radius 1 is 0.700 bits per heavy atom. The molecule has 0 aromatic rings. The minimum Gasteiger partial charge on any atom is -0.907 e. The van der Waals surface area contributed by atoms with Gasteiger partial charge in [-0.3, -0.25) is 7.32 Å². The van der Waals surface area contributed by atoms with E-state index in [1.165, 1.54) is 0 Å². The topological polar surface area (TPSA) is 69.2 Å². The van der Waals surface area contributed by atoms with Gasteiger partial charge in [-0.15, -0.1) is 0 Å². The molecule has 0 fully saturated rings. The van der Waals surface area contributed by atoms with Gasteiger partial charge in [0.1, 0.15) is 0 Å². The van der Waals surface area contributed by atoms with E-state index < -0.39 is 7.32 Å². The van der Waals surface area contributed by atoms with Crippen LogP contribution >= 0.6 is 0 Å². The van der Waals surface area contributed by atoms with Crippen LogP contribution in [0.25, 0.3) is 0 Å². The van der Waals surface area contributed by atoms with Crippen LogP contribution in [0.15, 0.2) is 0 Å². The first-order valence-electron chi connectivity index (χ1n) is 2.83. The Labute approximate surface area is 101 Å². The van der Waals surface area contributed by atoms with Crippen molar-refractivity contribution >= 4 is 72.4 Å². The molecule has 7 heteroatoms. The van der Waals surface area contributed by atoms with Gasteiger partial charge in [-0.25, -0.2) is 0 Å². The van der Waals surface area contributed by atoms with Crippen LogP contribution in [0.3, 0.4) is 0 Å². The third-order valence-electron chi connectivity index (χ3n) is 0. The molecule has 0 bridgehead atoms. The molecule has 0 atom stereocenters. The summed E-state index contributed by atoms with van der Waals surface area (Å²) < 4.78 is 0. The summed E-state index contributed by atoms with van der Waals surface area (Å²) in [5.41, 5.74) is 0. The molecule has 0 rings (SSSR count). The second kappa shape index (κ2) is 42.9. The summed E-state index contributed by atoms with van der Waals surface area (Å²) in [5, 5.41) is 31.3. The maximum absolute atomic E-state index is 8.42. The number of hydrogen-bond donors (Lipinski definition) is 0. The molecule has 0 heterocycles. The molecule has 0 unspecified atom stereocenters. The Bertz CT molecular complexity index is 23.7. The van der Waals surface area contributed by atoms with Crippen LogP contribution in [-0.4, -0.2) is 72.4 Å². The molecular formula is C3H9BMg3O3. The van der Waals surface area contributed by atoms with Crippen molar-refractivity contribution in [3.05, 3.63) is 0 Å². The van der Waals surface area contributed by atoms with Gasteiger partial charge in [0.25, 0.3) is 0 Å². The second-order valence-electron chi connectivity index (χ2n) is 0.289. The third kappa shape index (κ3) is 174. The molecule has 0 saturated heterocycles. The maximum atomic E-state index is 8.42. The molecule has 0 aromatic heterocycles. The van der Waals surface area contributed by atoms with Gasteiger partial charge in [0, 0.05) is 0 Å². The second-order valence-corrected chi connectivity index (χ2v) is 0.289. The Hall–Kier alpha value is 2.24. The van der Waals surface area contributed by atoms with Gasteiger partial charge < -0.3 is 15.1 Å². The minimum absolute atomic E-state index is 1.86. The largest absolute Gasteiger partial charge is 0.907 e. The fourth-order valence-corrected chi connectivity index (χ4v) is 0. The van der Waals surface area contributed by atoms with Gasteiger partial charge in [-0.2, -0.15) is 0 Å². The van der Waals surface area contributed by atoms with E-state index in [1.54, 1.807) is 0 Å². The predicted octanol–water partition coefficient (Wildman–Crippen LogP) is -3.34. The van der Waals surface area contributed by atoms with Gasteiger partial charge >= 0.3 is 80.3 Å². The molecule has 48 valence electrons. The summed E-state index contributed by atoms with van der Waals surface area (Å²) >= 11 is 5.58. The van der Waals surface area contributed by atoms with E-state index in [-0.39, 0.29) is 0 Å². The average Bonchev–Trinajstić information content (AvgIpc) is 1.98. The first-order chi connectivity index (χ1) is 4.73. The molecule has 0 saturated carbocycles. The van der Waals surface area contributed by atoms with Crippen molar-refractivity contribution in [1.82, 2.24) is 0 Å². The zero-order valence-electron chi connectivity index (χ0n) is 6.92. The fourth-order valence-electron chi connectivity index (χ4n) is 0. The zero-order chi connectivity index (χ0) is 9.58. The van der Waals surface area contributed by atoms with Crippen LogP contribution in [0.4, 0.5) is 0 Å². The normalized spacial score (nSPS) is 4.80. The van der Waals surface area contributed by atoms with Crippen LogP contribution in [-0.2, 0) is 0 Å². The first-order valence-corrected chi connectivity index (χ1v) is 7.07. The van der Waals surface area contributed by atoms with Crippen molar-refractivity contribution in [2.24, 2.45) is 0 Å². The summed E-state index contributed by atoms with van der Waals surface area (Å²) in [4.78, 5) is 0. The van der Waals surface area contributed by atoms with Gasteiger partial charge in [0.05, 0.1) is 0 Å². The van der Waals surface area contributed by atoms with Crippen molar-refractivity contribution in [2.45, 2.75) is 15.2 Å². The SMILES string of the molecule is [CH3][Mg+].[CH3][Mg+].[CH3][Mg+].[O-]B([O-])[O-]. The Morgan fingerprint density at radius 2 is 0.700 bits per heavy atom. The third-order valence-corrected chi connectivity index (χ3v) is 0. The van der Waals surface area contributed by atoms with Crippen molar-refractivity contribution in [2.75, 3.05) is 0 Å². The van der Waals surface area contributed by atoms with E-state index in [0.717, 1.165) is 0 Å². The van der Waals surface area contributed by atoms with Crippen molar-refractivity contribution < 1.29 is 15.1 Å². The molecule has 10 heavy (non-hydrogen) atoms. The molecule has 0 aliphatic carbocycles. The molecule has 0 amide bonds. The Morgan fingerprint density at radius 3 is 0.700 bits per heavy atom. The van der Waals surface area contributed by atoms with Gasteiger partial charge in [-0.05, 0) is 0 Å². The van der Waals surface area contributed by atoms with E-state index in [0.29, 0.717) is 0 Å². The summed E-state index contributed by atoms with van der Waals surface area (Å²) in [5.74, 6) is 0. The Kier molecular flexibility index (Phi) is 97.7. The van der Waals surface area contributed by atoms with E-state index in [4.69, 9.17) is 15.1 Å². The minimum atomic E-state index is -2.92. The van der Waals surface area contributed by atoms with Crippen LogP contribution in [0.5, 0.6) is 0 Å². The van der Waals surface area contributed by atoms with E-state index >= 15 is 0 Å². The zero-order valence-corrected chi connectivity index (χ0v) is 11.2. The predicted molar refractivity (Wildman–Crippen MR) is 40.6 cm³/mol. The van der Waals surface area contributed by atoms with Crippen LogP contribution in [0.2, 0.25) is 15.2 Å². The molecule has 0 aromatic carbocycles. The van der Waals surface area contributed by atoms with Gasteiger partial charge in [0.2, 0.25) is 0 Å². The van der Waals surface area contributed by atoms with Gasteiger partial charge in [0.15, 0.2) is 0 Å². The van der Waals surface area contributed by atoms with E-state index in [9.17, 15) is 0 Å². The summed E-state index contributed by atoms with van der Waals surface area (Å²) in [7, 11) is -2.92. The molecular weight excluding hydrogens is 168 g/mol. The van der Waals surface area contributed by atoms with Crippen LogP contribution in [0.1, 0.15) is 0 Å². The molecule has 0 spiro atoms. The standard InChI is InChI=1S/3CH3.BO3.3Mg/c;;;2-1(3)4;;;/h3*1H3;;;;/q;;;-3;3*+1. The number of hydrogen-bond acceptors (Lipinski definition) is 3. The molecule has 0 radical (unpaired) electrons. The van der Waals surface area contributed by atoms with Crippen LogP contribution in [0, 0.1) is 0 Å². The average molecular weight is 177 g/mol. The smallest absolute Gasteiger partial charge is 0.278 e. The van der Waals surface area contributed by atoms with Crippen molar-refractivity contribution in [1.29, 1.82) is 0 Å². The summed E-state index contributed by atoms with van der Waals surface area (Å²) in [6, 6.07) is 0. The van der Waals surface area contributed by atoms with Crippen molar-refractivity contribution in [3.63, 3.8) is 0 Å². The van der Waals surface area contributed by atoms with Crippen LogP contribution < -0.4 is 15.1 Å². The fraction of sp³-hybridized carbons (Fsp3) is 1.00. The molecule has 0 aliphatic rings.